The summed E-state index contributed by atoms with van der Waals surface area (Å²) in [6, 6.07) is 18.0. The Kier molecular flexibility index (Phi) is 6.01. The standard InChI is InChI=1S/C22H21N3O3/c1-15(26)16-7-5-8-18(12-16)25-22(27)20-11-10-19(14-24-20)23-13-17-6-3-4-9-21(17)28-2/h3-12,14,23H,13H2,1-2H3,(H,25,27). The Hall–Kier alpha value is -3.67. The number of para-hydroxylation sites is 1. The summed E-state index contributed by atoms with van der Waals surface area (Å²) in [4.78, 5) is 28.0. The molecule has 0 atom stereocenters. The minimum Gasteiger partial charge on any atom is -0.496 e. The molecule has 0 saturated carbocycles. The number of carbonyl (C=O) groups is 2. The van der Waals surface area contributed by atoms with Crippen LogP contribution in [0.5, 0.6) is 5.75 Å². The average molecular weight is 375 g/mol. The van der Waals surface area contributed by atoms with Crippen molar-refractivity contribution in [2.75, 3.05) is 17.7 Å². The van der Waals surface area contributed by atoms with E-state index in [9.17, 15) is 9.59 Å². The fourth-order valence-corrected chi connectivity index (χ4v) is 2.69. The Labute approximate surface area is 163 Å². The van der Waals surface area contributed by atoms with E-state index in [0.29, 0.717) is 17.8 Å². The largest absolute Gasteiger partial charge is 0.496 e. The molecule has 0 fully saturated rings. The molecule has 1 aromatic heterocycles. The number of methoxy groups -OCH3 is 1. The quantitative estimate of drug-likeness (QED) is 0.606. The van der Waals surface area contributed by atoms with E-state index in [1.54, 1.807) is 49.7 Å². The van der Waals surface area contributed by atoms with Gasteiger partial charge in [-0.1, -0.05) is 30.3 Å². The van der Waals surface area contributed by atoms with Crippen molar-refractivity contribution in [3.8, 4) is 5.75 Å². The van der Waals surface area contributed by atoms with Crippen molar-refractivity contribution in [1.29, 1.82) is 0 Å². The summed E-state index contributed by atoms with van der Waals surface area (Å²) >= 11 is 0. The fraction of sp³-hybridized carbons (Fsp3) is 0.136. The third-order valence-corrected chi connectivity index (χ3v) is 4.20. The Balaban J connectivity index is 1.63. The van der Waals surface area contributed by atoms with Gasteiger partial charge in [-0.2, -0.15) is 0 Å². The summed E-state index contributed by atoms with van der Waals surface area (Å²) in [6.07, 6.45) is 1.61. The lowest BCUT2D eigenvalue weighted by molar-refractivity contribution is 0.100. The highest BCUT2D eigenvalue weighted by Gasteiger charge is 2.09. The molecule has 1 amide bonds. The molecule has 142 valence electrons. The highest BCUT2D eigenvalue weighted by molar-refractivity contribution is 6.04. The molecule has 6 heteroatoms. The number of ketones is 1. The zero-order valence-electron chi connectivity index (χ0n) is 15.7. The van der Waals surface area contributed by atoms with Gasteiger partial charge in [-0.15, -0.1) is 0 Å². The van der Waals surface area contributed by atoms with Gasteiger partial charge in [-0.3, -0.25) is 9.59 Å². The van der Waals surface area contributed by atoms with Gasteiger partial charge in [0.1, 0.15) is 11.4 Å². The number of hydrogen-bond donors (Lipinski definition) is 2. The number of Topliss-reactive ketones (excluding diaryl/α,β-unsaturated/α-hetero) is 1. The van der Waals surface area contributed by atoms with Crippen molar-refractivity contribution in [3.05, 3.63) is 83.7 Å². The Morgan fingerprint density at radius 1 is 1.00 bits per heavy atom. The molecule has 0 radical (unpaired) electrons. The van der Waals surface area contributed by atoms with Gasteiger partial charge in [0.05, 0.1) is 19.0 Å². The molecular weight excluding hydrogens is 354 g/mol. The maximum absolute atomic E-state index is 12.4. The van der Waals surface area contributed by atoms with E-state index in [1.165, 1.54) is 6.92 Å². The predicted octanol–water partition coefficient (Wildman–Crippen LogP) is 4.16. The number of amides is 1. The van der Waals surface area contributed by atoms with Crippen molar-refractivity contribution in [2.45, 2.75) is 13.5 Å². The molecule has 0 aliphatic heterocycles. The second kappa shape index (κ2) is 8.81. The van der Waals surface area contributed by atoms with E-state index in [0.717, 1.165) is 17.0 Å². The first kappa shape index (κ1) is 19.1. The fourth-order valence-electron chi connectivity index (χ4n) is 2.69. The van der Waals surface area contributed by atoms with Crippen LogP contribution in [0.1, 0.15) is 33.3 Å². The molecule has 0 aliphatic rings. The molecule has 0 saturated heterocycles. The summed E-state index contributed by atoms with van der Waals surface area (Å²) in [5.74, 6) is 0.420. The van der Waals surface area contributed by atoms with Crippen LogP contribution in [0.25, 0.3) is 0 Å². The number of hydrogen-bond acceptors (Lipinski definition) is 5. The Morgan fingerprint density at radius 3 is 2.54 bits per heavy atom. The van der Waals surface area contributed by atoms with Crippen molar-refractivity contribution in [2.24, 2.45) is 0 Å². The molecule has 3 rings (SSSR count). The summed E-state index contributed by atoms with van der Waals surface area (Å²) in [6.45, 7) is 2.06. The third-order valence-electron chi connectivity index (χ3n) is 4.20. The van der Waals surface area contributed by atoms with Crippen LogP contribution < -0.4 is 15.4 Å². The van der Waals surface area contributed by atoms with E-state index < -0.39 is 0 Å². The number of anilines is 2. The number of benzene rings is 2. The molecule has 0 unspecified atom stereocenters. The van der Waals surface area contributed by atoms with Gasteiger partial charge >= 0.3 is 0 Å². The number of nitrogens with one attached hydrogen (secondary N) is 2. The van der Waals surface area contributed by atoms with Crippen LogP contribution in [0.15, 0.2) is 66.9 Å². The third kappa shape index (κ3) is 4.73. The van der Waals surface area contributed by atoms with Gasteiger partial charge in [0, 0.05) is 23.4 Å². The van der Waals surface area contributed by atoms with Crippen molar-refractivity contribution in [1.82, 2.24) is 4.98 Å². The van der Waals surface area contributed by atoms with Crippen LogP contribution >= 0.6 is 0 Å². The zero-order valence-corrected chi connectivity index (χ0v) is 15.7. The lowest BCUT2D eigenvalue weighted by atomic mass is 10.1. The molecule has 0 spiro atoms. The minimum absolute atomic E-state index is 0.0558. The predicted molar refractivity (Wildman–Crippen MR) is 109 cm³/mol. The highest BCUT2D eigenvalue weighted by Crippen LogP contribution is 2.19. The van der Waals surface area contributed by atoms with Crippen molar-refractivity contribution in [3.63, 3.8) is 0 Å². The van der Waals surface area contributed by atoms with Crippen LogP contribution in [0.4, 0.5) is 11.4 Å². The lowest BCUT2D eigenvalue weighted by Gasteiger charge is -2.11. The van der Waals surface area contributed by atoms with Gasteiger partial charge in [0.25, 0.3) is 5.91 Å². The average Bonchev–Trinajstić information content (AvgIpc) is 2.73. The summed E-state index contributed by atoms with van der Waals surface area (Å²) < 4.78 is 5.33. The van der Waals surface area contributed by atoms with Gasteiger partial charge in [-0.05, 0) is 37.3 Å². The number of nitrogens with zero attached hydrogens (tertiary/aromatic N) is 1. The molecule has 2 aromatic carbocycles. The SMILES string of the molecule is COc1ccccc1CNc1ccc(C(=O)Nc2cccc(C(C)=O)c2)nc1. The number of ether oxygens (including phenoxy) is 1. The van der Waals surface area contributed by atoms with Gasteiger partial charge in [0.2, 0.25) is 0 Å². The van der Waals surface area contributed by atoms with E-state index in [2.05, 4.69) is 15.6 Å². The van der Waals surface area contributed by atoms with Crippen LogP contribution in [-0.2, 0) is 6.54 Å². The normalized spacial score (nSPS) is 10.2. The monoisotopic (exact) mass is 375 g/mol. The summed E-state index contributed by atoms with van der Waals surface area (Å²) in [5.41, 5.74) is 3.20. The summed E-state index contributed by atoms with van der Waals surface area (Å²) in [5, 5.41) is 6.01. The first-order chi connectivity index (χ1) is 13.6. The second-order valence-corrected chi connectivity index (χ2v) is 6.19. The van der Waals surface area contributed by atoms with Gasteiger partial charge in [0.15, 0.2) is 5.78 Å². The molecular formula is C22H21N3O3. The molecule has 0 aliphatic carbocycles. The lowest BCUT2D eigenvalue weighted by Crippen LogP contribution is -2.14. The van der Waals surface area contributed by atoms with E-state index in [-0.39, 0.29) is 17.4 Å². The maximum atomic E-state index is 12.4. The van der Waals surface area contributed by atoms with E-state index in [4.69, 9.17) is 4.74 Å². The van der Waals surface area contributed by atoms with E-state index in [1.807, 2.05) is 24.3 Å². The van der Waals surface area contributed by atoms with Crippen LogP contribution in [-0.4, -0.2) is 23.8 Å². The molecule has 1 heterocycles. The number of pyridine rings is 1. The number of aromatic nitrogens is 1. The smallest absolute Gasteiger partial charge is 0.274 e. The van der Waals surface area contributed by atoms with Crippen molar-refractivity contribution >= 4 is 23.1 Å². The van der Waals surface area contributed by atoms with Gasteiger partial charge < -0.3 is 15.4 Å². The molecule has 3 aromatic rings. The van der Waals surface area contributed by atoms with Crippen LogP contribution in [0, 0.1) is 0 Å². The zero-order chi connectivity index (χ0) is 19.9. The maximum Gasteiger partial charge on any atom is 0.274 e. The van der Waals surface area contributed by atoms with E-state index >= 15 is 0 Å². The first-order valence-electron chi connectivity index (χ1n) is 8.81. The first-order valence-corrected chi connectivity index (χ1v) is 8.81. The second-order valence-electron chi connectivity index (χ2n) is 6.19. The number of carbonyl (C=O) groups excluding carboxylic acids is 2. The van der Waals surface area contributed by atoms with Crippen molar-refractivity contribution < 1.29 is 14.3 Å². The molecule has 6 nitrogen and oxygen atoms in total. The minimum atomic E-state index is -0.336. The Bertz CT molecular complexity index is 984. The van der Waals surface area contributed by atoms with Crippen LogP contribution in [0.2, 0.25) is 0 Å². The molecule has 28 heavy (non-hydrogen) atoms. The highest BCUT2D eigenvalue weighted by atomic mass is 16.5. The Morgan fingerprint density at radius 2 is 1.82 bits per heavy atom. The van der Waals surface area contributed by atoms with Gasteiger partial charge in [-0.25, -0.2) is 4.98 Å². The molecule has 0 bridgehead atoms. The number of rotatable bonds is 7. The molecule has 2 N–H and O–H groups in total. The summed E-state index contributed by atoms with van der Waals surface area (Å²) in [7, 11) is 1.64. The topological polar surface area (TPSA) is 80.3 Å². The van der Waals surface area contributed by atoms with Crippen LogP contribution in [0.3, 0.4) is 0 Å².